The Balaban J connectivity index is 2.60. The van der Waals surface area contributed by atoms with Crippen molar-refractivity contribution in [2.45, 2.75) is 11.8 Å². The first-order chi connectivity index (χ1) is 12.7. The number of esters is 1. The Labute approximate surface area is 166 Å². The van der Waals surface area contributed by atoms with Crippen LogP contribution in [0.1, 0.15) is 6.92 Å². The third-order valence-corrected chi connectivity index (χ3v) is 6.27. The predicted molar refractivity (Wildman–Crippen MR) is 101 cm³/mol. The van der Waals surface area contributed by atoms with Crippen molar-refractivity contribution in [3.05, 3.63) is 52.3 Å². The number of hydrogen-bond donors (Lipinski definition) is 0. The van der Waals surface area contributed by atoms with Crippen LogP contribution >= 0.6 is 23.2 Å². The molecule has 0 saturated carbocycles. The Morgan fingerprint density at radius 2 is 1.89 bits per heavy atom. The maximum absolute atomic E-state index is 13.6. The molecule has 27 heavy (non-hydrogen) atoms. The number of carbonyl (C=O) groups excluding carboxylic acids is 1. The third kappa shape index (κ3) is 4.63. The van der Waals surface area contributed by atoms with Crippen molar-refractivity contribution in [1.82, 2.24) is 0 Å². The summed E-state index contributed by atoms with van der Waals surface area (Å²) in [4.78, 5) is 11.6. The molecule has 6 nitrogen and oxygen atoms in total. The van der Waals surface area contributed by atoms with E-state index in [0.717, 1.165) is 12.1 Å². The second-order valence-electron chi connectivity index (χ2n) is 5.19. The van der Waals surface area contributed by atoms with Gasteiger partial charge in [0.25, 0.3) is 10.0 Å². The summed E-state index contributed by atoms with van der Waals surface area (Å²) in [6.45, 7) is 0.976. The summed E-state index contributed by atoms with van der Waals surface area (Å²) < 4.78 is 50.5. The lowest BCUT2D eigenvalue weighted by Crippen LogP contribution is -2.36. The van der Waals surface area contributed by atoms with E-state index in [4.69, 9.17) is 32.7 Å². The molecule has 0 unspecified atom stereocenters. The van der Waals surface area contributed by atoms with E-state index in [9.17, 15) is 17.6 Å². The molecule has 0 N–H and O–H groups in total. The second kappa shape index (κ2) is 8.77. The van der Waals surface area contributed by atoms with Crippen molar-refractivity contribution < 1.29 is 27.1 Å². The summed E-state index contributed by atoms with van der Waals surface area (Å²) in [5.74, 6) is -1.29. The van der Waals surface area contributed by atoms with E-state index in [1.807, 2.05) is 0 Å². The highest BCUT2D eigenvalue weighted by atomic mass is 35.5. The number of halogens is 3. The zero-order valence-electron chi connectivity index (χ0n) is 14.4. The van der Waals surface area contributed by atoms with Crippen LogP contribution in [0.4, 0.5) is 10.1 Å². The quantitative estimate of drug-likeness (QED) is 0.616. The van der Waals surface area contributed by atoms with E-state index in [2.05, 4.69) is 0 Å². The van der Waals surface area contributed by atoms with E-state index in [0.29, 0.717) is 4.31 Å². The molecule has 0 radical (unpaired) electrons. The van der Waals surface area contributed by atoms with Crippen molar-refractivity contribution in [2.24, 2.45) is 0 Å². The Morgan fingerprint density at radius 3 is 2.48 bits per heavy atom. The largest absolute Gasteiger partial charge is 0.495 e. The van der Waals surface area contributed by atoms with Crippen molar-refractivity contribution in [2.75, 3.05) is 24.6 Å². The fraction of sp³-hybridized carbons (Fsp3) is 0.235. The topological polar surface area (TPSA) is 72.9 Å². The highest BCUT2D eigenvalue weighted by Gasteiger charge is 2.31. The lowest BCUT2D eigenvalue weighted by Gasteiger charge is -2.24. The number of nitrogens with zero attached hydrogens (tertiary/aromatic N) is 1. The Kier molecular flexibility index (Phi) is 6.91. The van der Waals surface area contributed by atoms with E-state index in [1.54, 1.807) is 6.92 Å². The summed E-state index contributed by atoms with van der Waals surface area (Å²) in [5.41, 5.74) is -0.0638. The van der Waals surface area contributed by atoms with Gasteiger partial charge >= 0.3 is 5.97 Å². The lowest BCUT2D eigenvalue weighted by atomic mass is 10.3. The van der Waals surface area contributed by atoms with Crippen molar-refractivity contribution >= 4 is 44.9 Å². The standard InChI is InChI=1S/C17H16Cl2FNO5S/c1-3-26-15(22)10-21(12-6-4-5-11(20)9-12)27(23,24)14-8-7-13(25-2)16(18)17(14)19/h4-9H,3,10H2,1-2H3. The summed E-state index contributed by atoms with van der Waals surface area (Å²) >= 11 is 12.2. The highest BCUT2D eigenvalue weighted by molar-refractivity contribution is 7.93. The molecular weight excluding hydrogens is 420 g/mol. The fourth-order valence-corrected chi connectivity index (χ4v) is 4.48. The average molecular weight is 436 g/mol. The van der Waals surface area contributed by atoms with Crippen LogP contribution in [0, 0.1) is 5.82 Å². The van der Waals surface area contributed by atoms with Crippen LogP contribution in [0.3, 0.4) is 0 Å². The smallest absolute Gasteiger partial charge is 0.326 e. The van der Waals surface area contributed by atoms with Crippen LogP contribution < -0.4 is 9.04 Å². The molecule has 0 aliphatic rings. The average Bonchev–Trinajstić information content (AvgIpc) is 2.61. The summed E-state index contributed by atoms with van der Waals surface area (Å²) in [6.07, 6.45) is 0. The van der Waals surface area contributed by atoms with Crippen LogP contribution in [-0.2, 0) is 19.6 Å². The van der Waals surface area contributed by atoms with Crippen molar-refractivity contribution in [3.63, 3.8) is 0 Å². The molecule has 0 aliphatic heterocycles. The molecule has 0 bridgehead atoms. The molecule has 0 aromatic heterocycles. The van der Waals surface area contributed by atoms with Crippen LogP contribution in [-0.4, -0.2) is 34.6 Å². The number of benzene rings is 2. The number of ether oxygens (including phenoxy) is 2. The molecule has 0 aliphatic carbocycles. The van der Waals surface area contributed by atoms with E-state index >= 15 is 0 Å². The molecule has 10 heteroatoms. The number of hydrogen-bond acceptors (Lipinski definition) is 5. The fourth-order valence-electron chi connectivity index (χ4n) is 2.26. The van der Waals surface area contributed by atoms with Gasteiger partial charge in [0, 0.05) is 0 Å². The van der Waals surface area contributed by atoms with Gasteiger partial charge in [0.05, 0.1) is 24.4 Å². The van der Waals surface area contributed by atoms with Crippen LogP contribution in [0.25, 0.3) is 0 Å². The highest BCUT2D eigenvalue weighted by Crippen LogP contribution is 2.38. The maximum Gasteiger partial charge on any atom is 0.326 e. The Morgan fingerprint density at radius 1 is 1.19 bits per heavy atom. The summed E-state index contributed by atoms with van der Waals surface area (Å²) in [6, 6.07) is 7.32. The van der Waals surface area contributed by atoms with Gasteiger partial charge in [0.15, 0.2) is 0 Å². The van der Waals surface area contributed by atoms with E-state index in [-0.39, 0.29) is 33.0 Å². The number of rotatable bonds is 7. The van der Waals surface area contributed by atoms with E-state index in [1.165, 1.54) is 31.4 Å². The number of anilines is 1. The molecule has 146 valence electrons. The molecule has 0 heterocycles. The summed E-state index contributed by atoms with van der Waals surface area (Å²) in [5, 5.41) is -0.378. The molecule has 0 amide bonds. The van der Waals surface area contributed by atoms with Gasteiger partial charge in [0.2, 0.25) is 0 Å². The molecule has 0 spiro atoms. The van der Waals surface area contributed by atoms with Gasteiger partial charge in [-0.3, -0.25) is 9.10 Å². The number of methoxy groups -OCH3 is 1. The van der Waals surface area contributed by atoms with Gasteiger partial charge in [-0.2, -0.15) is 0 Å². The van der Waals surface area contributed by atoms with Gasteiger partial charge < -0.3 is 9.47 Å². The number of carbonyl (C=O) groups is 1. The minimum Gasteiger partial charge on any atom is -0.495 e. The lowest BCUT2D eigenvalue weighted by molar-refractivity contribution is -0.141. The SMILES string of the molecule is CCOC(=O)CN(c1cccc(F)c1)S(=O)(=O)c1ccc(OC)c(Cl)c1Cl. The Hall–Kier alpha value is -2.03. The molecule has 2 aromatic rings. The van der Waals surface area contributed by atoms with Gasteiger partial charge in [-0.1, -0.05) is 29.3 Å². The monoisotopic (exact) mass is 435 g/mol. The van der Waals surface area contributed by atoms with Crippen LogP contribution in [0.5, 0.6) is 5.75 Å². The Bertz CT molecular complexity index is 952. The summed E-state index contributed by atoms with van der Waals surface area (Å²) in [7, 11) is -3.02. The maximum atomic E-state index is 13.6. The molecule has 0 saturated heterocycles. The zero-order valence-corrected chi connectivity index (χ0v) is 16.7. The molecule has 0 fully saturated rings. The van der Waals surface area contributed by atoms with Gasteiger partial charge in [-0.05, 0) is 37.3 Å². The normalized spacial score (nSPS) is 11.1. The van der Waals surface area contributed by atoms with Gasteiger partial charge in [-0.15, -0.1) is 0 Å². The molecule has 2 rings (SSSR count). The first-order valence-corrected chi connectivity index (χ1v) is 9.87. The first kappa shape index (κ1) is 21.3. The van der Waals surface area contributed by atoms with Crippen molar-refractivity contribution in [3.8, 4) is 5.75 Å². The minimum absolute atomic E-state index is 0.0605. The van der Waals surface area contributed by atoms with Crippen LogP contribution in [0.2, 0.25) is 10.0 Å². The van der Waals surface area contributed by atoms with Crippen LogP contribution in [0.15, 0.2) is 41.3 Å². The minimum atomic E-state index is -4.37. The first-order valence-electron chi connectivity index (χ1n) is 7.68. The van der Waals surface area contributed by atoms with Crippen molar-refractivity contribution in [1.29, 1.82) is 0 Å². The third-order valence-electron chi connectivity index (χ3n) is 3.47. The zero-order chi connectivity index (χ0) is 20.2. The molecular formula is C17H16Cl2FNO5S. The van der Waals surface area contributed by atoms with E-state index < -0.39 is 28.4 Å². The predicted octanol–water partition coefficient (Wildman–Crippen LogP) is 3.90. The van der Waals surface area contributed by atoms with Gasteiger partial charge in [0.1, 0.15) is 28.0 Å². The molecule has 2 aromatic carbocycles. The number of sulfonamides is 1. The molecule has 0 atom stereocenters. The second-order valence-corrected chi connectivity index (χ2v) is 7.78. The van der Waals surface area contributed by atoms with Gasteiger partial charge in [-0.25, -0.2) is 12.8 Å².